The molecule has 1 heterocycles. The molecule has 0 saturated carbocycles. The molecule has 0 aliphatic heterocycles. The quantitative estimate of drug-likeness (QED) is 0.873. The van der Waals surface area contributed by atoms with Crippen molar-refractivity contribution in [2.45, 2.75) is 19.5 Å². The van der Waals surface area contributed by atoms with E-state index in [1.807, 2.05) is 12.1 Å². The molecule has 2 aromatic rings. The third kappa shape index (κ3) is 3.36. The van der Waals surface area contributed by atoms with Gasteiger partial charge in [0.05, 0.1) is 0 Å². The third-order valence-electron chi connectivity index (χ3n) is 2.73. The lowest BCUT2D eigenvalue weighted by molar-refractivity contribution is 0.571. The van der Waals surface area contributed by atoms with Gasteiger partial charge in [-0.2, -0.15) is 0 Å². The van der Waals surface area contributed by atoms with Gasteiger partial charge in [0.25, 0.3) is 0 Å². The average Bonchev–Trinajstić information content (AvgIpc) is 2.38. The fourth-order valence-corrected chi connectivity index (χ4v) is 1.64. The van der Waals surface area contributed by atoms with E-state index in [-0.39, 0.29) is 11.9 Å². The van der Waals surface area contributed by atoms with Gasteiger partial charge in [-0.3, -0.25) is 4.98 Å². The number of benzene rings is 1. The Labute approximate surface area is 101 Å². The van der Waals surface area contributed by atoms with Gasteiger partial charge >= 0.3 is 0 Å². The highest BCUT2D eigenvalue weighted by atomic mass is 19.1. The van der Waals surface area contributed by atoms with Crippen molar-refractivity contribution >= 4 is 0 Å². The van der Waals surface area contributed by atoms with Crippen LogP contribution >= 0.6 is 0 Å². The van der Waals surface area contributed by atoms with Gasteiger partial charge in [-0.1, -0.05) is 12.1 Å². The lowest BCUT2D eigenvalue weighted by atomic mass is 10.1. The van der Waals surface area contributed by atoms with Gasteiger partial charge in [0, 0.05) is 25.0 Å². The normalized spacial score (nSPS) is 12.4. The maximum atomic E-state index is 12.8. The highest BCUT2D eigenvalue weighted by Gasteiger charge is 2.04. The van der Waals surface area contributed by atoms with E-state index in [1.54, 1.807) is 24.5 Å². The van der Waals surface area contributed by atoms with Crippen LogP contribution in [0.2, 0.25) is 0 Å². The first-order valence-corrected chi connectivity index (χ1v) is 5.63. The molecule has 0 unspecified atom stereocenters. The molecule has 2 nitrogen and oxygen atoms in total. The van der Waals surface area contributed by atoms with Crippen molar-refractivity contribution in [1.82, 2.24) is 10.3 Å². The Bertz CT molecular complexity index is 453. The predicted octanol–water partition coefficient (Wildman–Crippen LogP) is 3.07. The molecule has 2 rings (SSSR count). The first kappa shape index (κ1) is 11.7. The number of hydrogen-bond donors (Lipinski definition) is 1. The van der Waals surface area contributed by atoms with Crippen molar-refractivity contribution in [2.75, 3.05) is 0 Å². The number of halogens is 1. The van der Waals surface area contributed by atoms with Crippen LogP contribution < -0.4 is 5.32 Å². The molecule has 0 bridgehead atoms. The van der Waals surface area contributed by atoms with Crippen LogP contribution in [0, 0.1) is 5.82 Å². The number of pyridine rings is 1. The van der Waals surface area contributed by atoms with E-state index in [0.29, 0.717) is 0 Å². The van der Waals surface area contributed by atoms with Crippen LogP contribution in [0.25, 0.3) is 0 Å². The molecular formula is C14H15FN2. The van der Waals surface area contributed by atoms with Crippen molar-refractivity contribution in [3.63, 3.8) is 0 Å². The molecule has 0 radical (unpaired) electrons. The summed E-state index contributed by atoms with van der Waals surface area (Å²) in [6.07, 6.45) is 3.55. The van der Waals surface area contributed by atoms with Crippen LogP contribution in [0.4, 0.5) is 4.39 Å². The molecule has 1 aromatic heterocycles. The first-order chi connectivity index (χ1) is 8.25. The predicted molar refractivity (Wildman–Crippen MR) is 65.9 cm³/mol. The zero-order valence-corrected chi connectivity index (χ0v) is 9.73. The van der Waals surface area contributed by atoms with Crippen molar-refractivity contribution in [2.24, 2.45) is 0 Å². The summed E-state index contributed by atoms with van der Waals surface area (Å²) in [6, 6.07) is 10.7. The van der Waals surface area contributed by atoms with Gasteiger partial charge < -0.3 is 5.32 Å². The van der Waals surface area contributed by atoms with Crippen LogP contribution in [0.15, 0.2) is 48.8 Å². The highest BCUT2D eigenvalue weighted by molar-refractivity contribution is 5.19. The van der Waals surface area contributed by atoms with Crippen molar-refractivity contribution in [3.8, 4) is 0 Å². The van der Waals surface area contributed by atoms with Gasteiger partial charge in [-0.25, -0.2) is 4.39 Å². The minimum absolute atomic E-state index is 0.198. The van der Waals surface area contributed by atoms with E-state index in [4.69, 9.17) is 0 Å². The average molecular weight is 230 g/mol. The molecule has 1 N–H and O–H groups in total. The Morgan fingerprint density at radius 2 is 1.76 bits per heavy atom. The number of aromatic nitrogens is 1. The summed E-state index contributed by atoms with van der Waals surface area (Å²) in [7, 11) is 0. The number of nitrogens with zero attached hydrogens (tertiary/aromatic N) is 1. The fourth-order valence-electron chi connectivity index (χ4n) is 1.64. The number of rotatable bonds is 4. The van der Waals surface area contributed by atoms with E-state index in [1.165, 1.54) is 17.7 Å². The first-order valence-electron chi connectivity index (χ1n) is 5.63. The van der Waals surface area contributed by atoms with Gasteiger partial charge in [-0.15, -0.1) is 0 Å². The molecule has 0 saturated heterocycles. The van der Waals surface area contributed by atoms with Gasteiger partial charge in [0.15, 0.2) is 0 Å². The zero-order chi connectivity index (χ0) is 12.1. The minimum atomic E-state index is -0.199. The van der Waals surface area contributed by atoms with Gasteiger partial charge in [0.1, 0.15) is 5.82 Å². The maximum Gasteiger partial charge on any atom is 0.123 e. The lowest BCUT2D eigenvalue weighted by Gasteiger charge is -2.14. The van der Waals surface area contributed by atoms with Gasteiger partial charge in [0.2, 0.25) is 0 Å². The second-order valence-corrected chi connectivity index (χ2v) is 4.01. The summed E-state index contributed by atoms with van der Waals surface area (Å²) in [5.41, 5.74) is 2.27. The van der Waals surface area contributed by atoms with Crippen molar-refractivity contribution in [1.29, 1.82) is 0 Å². The fraction of sp³-hybridized carbons (Fsp3) is 0.214. The summed E-state index contributed by atoms with van der Waals surface area (Å²) >= 11 is 0. The Kier molecular flexibility index (Phi) is 3.83. The molecule has 3 heteroatoms. The number of hydrogen-bond acceptors (Lipinski definition) is 2. The molecule has 0 aliphatic carbocycles. The summed E-state index contributed by atoms with van der Waals surface area (Å²) in [5.74, 6) is -0.199. The Morgan fingerprint density at radius 1 is 1.12 bits per heavy atom. The topological polar surface area (TPSA) is 24.9 Å². The molecule has 0 amide bonds. The largest absolute Gasteiger partial charge is 0.306 e. The molecule has 88 valence electrons. The van der Waals surface area contributed by atoms with Gasteiger partial charge in [-0.05, 0) is 42.3 Å². The summed E-state index contributed by atoms with van der Waals surface area (Å²) in [5, 5.41) is 3.38. The summed E-state index contributed by atoms with van der Waals surface area (Å²) in [4.78, 5) is 3.97. The van der Waals surface area contributed by atoms with Crippen LogP contribution in [0.3, 0.4) is 0 Å². The Hall–Kier alpha value is -1.74. The van der Waals surface area contributed by atoms with Crippen LogP contribution in [-0.4, -0.2) is 4.98 Å². The van der Waals surface area contributed by atoms with E-state index >= 15 is 0 Å². The second-order valence-electron chi connectivity index (χ2n) is 4.01. The third-order valence-corrected chi connectivity index (χ3v) is 2.73. The summed E-state index contributed by atoms with van der Waals surface area (Å²) in [6.45, 7) is 2.84. The number of nitrogens with one attached hydrogen (secondary N) is 1. The monoisotopic (exact) mass is 230 g/mol. The summed E-state index contributed by atoms with van der Waals surface area (Å²) < 4.78 is 12.8. The molecule has 0 aliphatic rings. The van der Waals surface area contributed by atoms with Crippen molar-refractivity contribution < 1.29 is 4.39 Å². The van der Waals surface area contributed by atoms with Crippen LogP contribution in [0.5, 0.6) is 0 Å². The van der Waals surface area contributed by atoms with E-state index in [9.17, 15) is 4.39 Å². The molecular weight excluding hydrogens is 215 g/mol. The minimum Gasteiger partial charge on any atom is -0.306 e. The maximum absolute atomic E-state index is 12.8. The second kappa shape index (κ2) is 5.55. The SMILES string of the molecule is C[C@@H](NCc1ccncc1)c1ccc(F)cc1. The van der Waals surface area contributed by atoms with Crippen molar-refractivity contribution in [3.05, 3.63) is 65.7 Å². The smallest absolute Gasteiger partial charge is 0.123 e. The van der Waals surface area contributed by atoms with E-state index in [0.717, 1.165) is 12.1 Å². The Morgan fingerprint density at radius 3 is 2.41 bits per heavy atom. The molecule has 1 aromatic carbocycles. The van der Waals surface area contributed by atoms with E-state index < -0.39 is 0 Å². The standard InChI is InChI=1S/C14H15FN2/c1-11(13-2-4-14(15)5-3-13)17-10-12-6-8-16-9-7-12/h2-9,11,17H,10H2,1H3/t11-/m1/s1. The molecule has 1 atom stereocenters. The molecule has 0 fully saturated rings. The highest BCUT2D eigenvalue weighted by Crippen LogP contribution is 2.13. The van der Waals surface area contributed by atoms with Crippen LogP contribution in [-0.2, 0) is 6.54 Å². The Balaban J connectivity index is 1.93. The lowest BCUT2D eigenvalue weighted by Crippen LogP contribution is -2.18. The zero-order valence-electron chi connectivity index (χ0n) is 9.73. The molecule has 0 spiro atoms. The molecule has 17 heavy (non-hydrogen) atoms. The van der Waals surface area contributed by atoms with Crippen LogP contribution in [0.1, 0.15) is 24.1 Å². The van der Waals surface area contributed by atoms with E-state index in [2.05, 4.69) is 17.2 Å².